The minimum atomic E-state index is -0.329. The van der Waals surface area contributed by atoms with Crippen LogP contribution < -0.4 is 5.32 Å². The lowest BCUT2D eigenvalue weighted by Crippen LogP contribution is -2.54. The molecular formula is C12H21N3O4. The van der Waals surface area contributed by atoms with Gasteiger partial charge >= 0.3 is 6.09 Å². The van der Waals surface area contributed by atoms with Crippen molar-refractivity contribution in [3.8, 4) is 0 Å². The van der Waals surface area contributed by atoms with Gasteiger partial charge in [-0.15, -0.1) is 0 Å². The van der Waals surface area contributed by atoms with Gasteiger partial charge in [-0.3, -0.25) is 4.79 Å². The van der Waals surface area contributed by atoms with E-state index >= 15 is 0 Å². The summed E-state index contributed by atoms with van der Waals surface area (Å²) < 4.78 is 10.0. The number of hydrogen-bond acceptors (Lipinski definition) is 5. The Labute approximate surface area is 112 Å². The number of amides is 2. The number of piperazine rings is 1. The standard InChI is InChI=1S/C12H21N3O4/c1-13-10-8-19-7-9(10)11(16)14-3-5-15(6-4-14)12(17)18-2/h9-10,13H,3-8H2,1-2H3. The van der Waals surface area contributed by atoms with E-state index in [0.717, 1.165) is 0 Å². The van der Waals surface area contributed by atoms with Crippen molar-refractivity contribution in [2.24, 2.45) is 5.92 Å². The van der Waals surface area contributed by atoms with E-state index in [0.29, 0.717) is 39.4 Å². The molecule has 1 N–H and O–H groups in total. The van der Waals surface area contributed by atoms with E-state index in [4.69, 9.17) is 4.74 Å². The summed E-state index contributed by atoms with van der Waals surface area (Å²) in [5.74, 6) is -0.00366. The van der Waals surface area contributed by atoms with E-state index in [1.807, 2.05) is 11.9 Å². The molecule has 0 aromatic rings. The molecule has 0 radical (unpaired) electrons. The van der Waals surface area contributed by atoms with Gasteiger partial charge in [-0.25, -0.2) is 4.79 Å². The highest BCUT2D eigenvalue weighted by Gasteiger charge is 2.37. The normalized spacial score (nSPS) is 27.5. The number of nitrogens with zero attached hydrogens (tertiary/aromatic N) is 2. The summed E-state index contributed by atoms with van der Waals surface area (Å²) in [6.45, 7) is 3.21. The minimum Gasteiger partial charge on any atom is -0.453 e. The largest absolute Gasteiger partial charge is 0.453 e. The van der Waals surface area contributed by atoms with E-state index < -0.39 is 0 Å². The van der Waals surface area contributed by atoms with Crippen molar-refractivity contribution in [3.63, 3.8) is 0 Å². The molecule has 0 saturated carbocycles. The van der Waals surface area contributed by atoms with Crippen molar-refractivity contribution in [3.05, 3.63) is 0 Å². The van der Waals surface area contributed by atoms with Gasteiger partial charge in [0.1, 0.15) is 0 Å². The summed E-state index contributed by atoms with van der Waals surface area (Å²) in [5.41, 5.74) is 0. The van der Waals surface area contributed by atoms with Crippen LogP contribution in [0.25, 0.3) is 0 Å². The quantitative estimate of drug-likeness (QED) is 0.707. The highest BCUT2D eigenvalue weighted by molar-refractivity contribution is 5.80. The number of methoxy groups -OCH3 is 1. The van der Waals surface area contributed by atoms with E-state index in [-0.39, 0.29) is 24.0 Å². The number of carbonyl (C=O) groups excluding carboxylic acids is 2. The van der Waals surface area contributed by atoms with Crippen molar-refractivity contribution in [2.75, 3.05) is 53.6 Å². The lowest BCUT2D eigenvalue weighted by Gasteiger charge is -2.35. The van der Waals surface area contributed by atoms with E-state index in [9.17, 15) is 9.59 Å². The molecule has 2 aliphatic rings. The number of hydrogen-bond donors (Lipinski definition) is 1. The topological polar surface area (TPSA) is 71.1 Å². The molecule has 7 heteroatoms. The van der Waals surface area contributed by atoms with Crippen molar-refractivity contribution >= 4 is 12.0 Å². The fourth-order valence-corrected chi connectivity index (χ4v) is 2.56. The molecule has 2 saturated heterocycles. The number of likely N-dealkylation sites (N-methyl/N-ethyl adjacent to an activating group) is 1. The van der Waals surface area contributed by atoms with Crippen LogP contribution in [0.3, 0.4) is 0 Å². The van der Waals surface area contributed by atoms with Gasteiger partial charge in [0, 0.05) is 32.2 Å². The van der Waals surface area contributed by atoms with Crippen LogP contribution in [0.1, 0.15) is 0 Å². The van der Waals surface area contributed by atoms with Gasteiger partial charge in [0.2, 0.25) is 5.91 Å². The Kier molecular flexibility index (Phi) is 4.60. The van der Waals surface area contributed by atoms with Gasteiger partial charge in [-0.2, -0.15) is 0 Å². The fraction of sp³-hybridized carbons (Fsp3) is 0.833. The van der Waals surface area contributed by atoms with Crippen molar-refractivity contribution in [1.29, 1.82) is 0 Å². The predicted molar refractivity (Wildman–Crippen MR) is 67.7 cm³/mol. The Morgan fingerprint density at radius 1 is 1.16 bits per heavy atom. The first-order chi connectivity index (χ1) is 9.17. The summed E-state index contributed by atoms with van der Waals surface area (Å²) in [6.07, 6.45) is -0.329. The van der Waals surface area contributed by atoms with Crippen LogP contribution >= 0.6 is 0 Å². The van der Waals surface area contributed by atoms with Crippen LogP contribution in [0, 0.1) is 5.92 Å². The van der Waals surface area contributed by atoms with E-state index in [1.54, 1.807) is 4.90 Å². The number of nitrogens with one attached hydrogen (secondary N) is 1. The molecule has 2 fully saturated rings. The molecule has 2 atom stereocenters. The Hall–Kier alpha value is -1.34. The third-order valence-corrected chi connectivity index (χ3v) is 3.79. The van der Waals surface area contributed by atoms with Crippen LogP contribution in [-0.4, -0.2) is 81.4 Å². The molecule has 0 aromatic heterocycles. The molecule has 2 aliphatic heterocycles. The maximum Gasteiger partial charge on any atom is 0.409 e. The molecule has 0 aliphatic carbocycles. The Morgan fingerprint density at radius 2 is 1.79 bits per heavy atom. The zero-order valence-electron chi connectivity index (χ0n) is 11.4. The Morgan fingerprint density at radius 3 is 2.37 bits per heavy atom. The van der Waals surface area contributed by atoms with Crippen LogP contribution in [0.4, 0.5) is 4.79 Å². The molecular weight excluding hydrogens is 250 g/mol. The third kappa shape index (κ3) is 2.98. The SMILES string of the molecule is CNC1COCC1C(=O)N1CCN(C(=O)OC)CC1. The molecule has 0 spiro atoms. The zero-order valence-corrected chi connectivity index (χ0v) is 11.4. The molecule has 0 aromatic carbocycles. The summed E-state index contributed by atoms with van der Waals surface area (Å²) >= 11 is 0. The van der Waals surface area contributed by atoms with Crippen molar-refractivity contribution < 1.29 is 19.1 Å². The number of ether oxygens (including phenoxy) is 2. The summed E-state index contributed by atoms with van der Waals surface area (Å²) in [4.78, 5) is 27.2. The molecule has 2 heterocycles. The predicted octanol–water partition coefficient (Wildman–Crippen LogP) is -0.869. The van der Waals surface area contributed by atoms with E-state index in [2.05, 4.69) is 10.1 Å². The van der Waals surface area contributed by atoms with Gasteiger partial charge in [0.25, 0.3) is 0 Å². The number of carbonyl (C=O) groups is 2. The van der Waals surface area contributed by atoms with Crippen molar-refractivity contribution in [2.45, 2.75) is 6.04 Å². The lowest BCUT2D eigenvalue weighted by atomic mass is 10.0. The summed E-state index contributed by atoms with van der Waals surface area (Å²) in [7, 11) is 3.21. The Bertz CT molecular complexity index is 342. The van der Waals surface area contributed by atoms with Gasteiger partial charge in [0.05, 0.1) is 26.2 Å². The highest BCUT2D eigenvalue weighted by Crippen LogP contribution is 2.17. The second kappa shape index (κ2) is 6.21. The maximum absolute atomic E-state index is 12.4. The molecule has 0 bridgehead atoms. The minimum absolute atomic E-state index is 0.0890. The molecule has 2 unspecified atom stereocenters. The van der Waals surface area contributed by atoms with Gasteiger partial charge in [-0.1, -0.05) is 0 Å². The maximum atomic E-state index is 12.4. The fourth-order valence-electron chi connectivity index (χ4n) is 2.56. The average Bonchev–Trinajstić information content (AvgIpc) is 2.94. The van der Waals surface area contributed by atoms with Gasteiger partial charge in [-0.05, 0) is 7.05 Å². The smallest absolute Gasteiger partial charge is 0.409 e. The molecule has 2 rings (SSSR count). The lowest BCUT2D eigenvalue weighted by molar-refractivity contribution is -0.137. The zero-order chi connectivity index (χ0) is 13.8. The second-order valence-electron chi connectivity index (χ2n) is 4.82. The van der Waals surface area contributed by atoms with Gasteiger partial charge in [0.15, 0.2) is 0 Å². The molecule has 2 amide bonds. The number of rotatable bonds is 2. The van der Waals surface area contributed by atoms with Crippen LogP contribution in [0.2, 0.25) is 0 Å². The first-order valence-electron chi connectivity index (χ1n) is 6.54. The first kappa shape index (κ1) is 14.1. The van der Waals surface area contributed by atoms with Crippen LogP contribution in [0.15, 0.2) is 0 Å². The average molecular weight is 271 g/mol. The Balaban J connectivity index is 1.87. The third-order valence-electron chi connectivity index (χ3n) is 3.79. The summed E-state index contributed by atoms with van der Waals surface area (Å²) in [5, 5.41) is 3.11. The molecule has 108 valence electrons. The monoisotopic (exact) mass is 271 g/mol. The van der Waals surface area contributed by atoms with Gasteiger partial charge < -0.3 is 24.6 Å². The summed E-state index contributed by atoms with van der Waals surface area (Å²) in [6, 6.07) is 0.0890. The molecule has 7 nitrogen and oxygen atoms in total. The van der Waals surface area contributed by atoms with Crippen molar-refractivity contribution in [1.82, 2.24) is 15.1 Å². The second-order valence-corrected chi connectivity index (χ2v) is 4.82. The first-order valence-corrected chi connectivity index (χ1v) is 6.54. The van der Waals surface area contributed by atoms with Crippen LogP contribution in [0.5, 0.6) is 0 Å². The highest BCUT2D eigenvalue weighted by atomic mass is 16.5. The molecule has 19 heavy (non-hydrogen) atoms. The van der Waals surface area contributed by atoms with E-state index in [1.165, 1.54) is 7.11 Å². The van der Waals surface area contributed by atoms with Crippen LogP contribution in [-0.2, 0) is 14.3 Å².